The number of ether oxygens (including phenoxy) is 2. The van der Waals surface area contributed by atoms with E-state index in [9.17, 15) is 4.39 Å². The highest BCUT2D eigenvalue weighted by Crippen LogP contribution is 1.90. The van der Waals surface area contributed by atoms with Crippen molar-refractivity contribution >= 4 is 0 Å². The van der Waals surface area contributed by atoms with Crippen LogP contribution >= 0.6 is 0 Å². The average Bonchev–Trinajstić information content (AvgIpc) is 1.61. The second-order valence-electron chi connectivity index (χ2n) is 0.906. The fourth-order valence-electron chi connectivity index (χ4n) is 0.123. The first-order valence-corrected chi connectivity index (χ1v) is 1.73. The summed E-state index contributed by atoms with van der Waals surface area (Å²) in [5.74, 6) is 0. The molecule has 0 amide bonds. The van der Waals surface area contributed by atoms with Crippen molar-refractivity contribution in [3.05, 3.63) is 12.6 Å². The van der Waals surface area contributed by atoms with Gasteiger partial charge in [0.25, 0.3) is 6.01 Å². The van der Waals surface area contributed by atoms with Crippen LogP contribution in [-0.4, -0.2) is 13.9 Å². The molecule has 0 bridgehead atoms. The molecule has 0 spiro atoms. The van der Waals surface area contributed by atoms with Crippen LogP contribution in [0.4, 0.5) is 4.39 Å². The molecule has 0 aliphatic carbocycles. The van der Waals surface area contributed by atoms with E-state index in [0.29, 0.717) is 0 Å². The van der Waals surface area contributed by atoms with Crippen LogP contribution in [0, 0.1) is 0 Å². The highest BCUT2D eigenvalue weighted by Gasteiger charge is 1.83. The average molecular weight is 106 g/mol. The summed E-state index contributed by atoms with van der Waals surface area (Å²) in [6.07, 6.45) is 0. The zero-order chi connectivity index (χ0) is 5.70. The van der Waals surface area contributed by atoms with E-state index >= 15 is 0 Å². The molecule has 42 valence electrons. The summed E-state index contributed by atoms with van der Waals surface area (Å²) in [7, 11) is 1.41. The molecule has 0 aliphatic rings. The third kappa shape index (κ3) is 5.43. The van der Waals surface area contributed by atoms with Crippen LogP contribution in [0.1, 0.15) is 0 Å². The predicted octanol–water partition coefficient (Wildman–Crippen LogP) is 1.05. The summed E-state index contributed by atoms with van der Waals surface area (Å²) in [4.78, 5) is 0. The third-order valence-corrected chi connectivity index (χ3v) is 0.333. The van der Waals surface area contributed by atoms with Crippen molar-refractivity contribution in [2.45, 2.75) is 0 Å². The molecule has 0 N–H and O–H groups in total. The Bertz CT molecular complexity index is 62.7. The Hall–Kier alpha value is -0.570. The van der Waals surface area contributed by atoms with Gasteiger partial charge in [-0.3, -0.25) is 0 Å². The highest BCUT2D eigenvalue weighted by molar-refractivity contribution is 4.61. The normalized spacial score (nSPS) is 8.29. The van der Waals surface area contributed by atoms with Crippen molar-refractivity contribution in [3.8, 4) is 0 Å². The van der Waals surface area contributed by atoms with Crippen LogP contribution in [0.2, 0.25) is 0 Å². The zero-order valence-corrected chi connectivity index (χ0v) is 4.11. The van der Waals surface area contributed by atoms with Gasteiger partial charge in [0.15, 0.2) is 6.79 Å². The van der Waals surface area contributed by atoms with Gasteiger partial charge in [-0.1, -0.05) is 0 Å². The maximum absolute atomic E-state index is 11.4. The van der Waals surface area contributed by atoms with E-state index in [4.69, 9.17) is 0 Å². The first-order valence-electron chi connectivity index (χ1n) is 1.73. The van der Waals surface area contributed by atoms with Crippen LogP contribution in [0.5, 0.6) is 0 Å². The van der Waals surface area contributed by atoms with E-state index in [0.717, 1.165) is 0 Å². The van der Waals surface area contributed by atoms with Crippen molar-refractivity contribution in [2.24, 2.45) is 0 Å². The molecule has 0 aromatic heterocycles. The molecule has 7 heavy (non-hydrogen) atoms. The Morgan fingerprint density at radius 2 is 2.43 bits per heavy atom. The summed E-state index contributed by atoms with van der Waals surface area (Å²) in [6, 6.07) is -0.818. The lowest BCUT2D eigenvalue weighted by Crippen LogP contribution is -1.90. The van der Waals surface area contributed by atoms with Crippen molar-refractivity contribution in [3.63, 3.8) is 0 Å². The molecular weight excluding hydrogens is 99.0 g/mol. The van der Waals surface area contributed by atoms with Crippen molar-refractivity contribution < 1.29 is 13.9 Å². The second kappa shape index (κ2) is 3.61. The van der Waals surface area contributed by atoms with Gasteiger partial charge in [-0.15, -0.1) is 0 Å². The Labute approximate surface area is 41.5 Å². The summed E-state index contributed by atoms with van der Waals surface area (Å²) in [5, 5.41) is 0. The number of hydrogen-bond acceptors (Lipinski definition) is 2. The number of rotatable bonds is 3. The molecule has 0 heterocycles. The van der Waals surface area contributed by atoms with Crippen LogP contribution in [0.3, 0.4) is 0 Å². The van der Waals surface area contributed by atoms with E-state index in [1.807, 2.05) is 0 Å². The number of halogens is 1. The molecule has 0 saturated carbocycles. The van der Waals surface area contributed by atoms with E-state index < -0.39 is 6.01 Å². The van der Waals surface area contributed by atoms with Crippen LogP contribution < -0.4 is 0 Å². The van der Waals surface area contributed by atoms with Gasteiger partial charge in [-0.2, -0.15) is 4.39 Å². The molecule has 0 rings (SSSR count). The Morgan fingerprint density at radius 3 is 2.57 bits per heavy atom. The SMILES string of the molecule is C=C(F)OCOC. The topological polar surface area (TPSA) is 18.5 Å². The fourth-order valence-corrected chi connectivity index (χ4v) is 0.123. The van der Waals surface area contributed by atoms with Crippen LogP contribution in [0.15, 0.2) is 12.6 Å². The summed E-state index contributed by atoms with van der Waals surface area (Å²) >= 11 is 0. The molecule has 0 unspecified atom stereocenters. The maximum atomic E-state index is 11.4. The summed E-state index contributed by atoms with van der Waals surface area (Å²) < 4.78 is 19.8. The molecule has 0 aliphatic heterocycles. The Kier molecular flexibility index (Phi) is 3.32. The van der Waals surface area contributed by atoms with Crippen molar-refractivity contribution in [1.82, 2.24) is 0 Å². The molecule has 3 heteroatoms. The Morgan fingerprint density at radius 1 is 1.86 bits per heavy atom. The molecular formula is C4H7FO2. The lowest BCUT2D eigenvalue weighted by atomic mass is 11.1. The zero-order valence-electron chi connectivity index (χ0n) is 4.11. The van der Waals surface area contributed by atoms with Gasteiger partial charge in [-0.05, 0) is 6.58 Å². The highest BCUT2D eigenvalue weighted by atomic mass is 19.1. The lowest BCUT2D eigenvalue weighted by molar-refractivity contribution is -0.0168. The predicted molar refractivity (Wildman–Crippen MR) is 23.2 cm³/mol. The standard InChI is InChI=1S/C4H7FO2/c1-4(5)7-3-6-2/h1,3H2,2H3. The third-order valence-electron chi connectivity index (χ3n) is 0.333. The molecule has 0 saturated heterocycles. The van der Waals surface area contributed by atoms with Gasteiger partial charge >= 0.3 is 0 Å². The lowest BCUT2D eigenvalue weighted by Gasteiger charge is -1.96. The first-order chi connectivity index (χ1) is 3.27. The van der Waals surface area contributed by atoms with Crippen LogP contribution in [-0.2, 0) is 9.47 Å². The van der Waals surface area contributed by atoms with Crippen LogP contribution in [0.25, 0.3) is 0 Å². The monoisotopic (exact) mass is 106 g/mol. The van der Waals surface area contributed by atoms with E-state index in [1.165, 1.54) is 7.11 Å². The molecule has 0 aromatic carbocycles. The second-order valence-corrected chi connectivity index (χ2v) is 0.906. The minimum absolute atomic E-state index is 0.0741. The van der Waals surface area contributed by atoms with E-state index in [1.54, 1.807) is 0 Å². The van der Waals surface area contributed by atoms with E-state index in [2.05, 4.69) is 16.1 Å². The molecule has 0 radical (unpaired) electrons. The minimum Gasteiger partial charge on any atom is -0.444 e. The Balaban J connectivity index is 2.82. The van der Waals surface area contributed by atoms with Gasteiger partial charge in [0.2, 0.25) is 0 Å². The summed E-state index contributed by atoms with van der Waals surface area (Å²) in [5.41, 5.74) is 0. The molecule has 0 aromatic rings. The van der Waals surface area contributed by atoms with Gasteiger partial charge in [0, 0.05) is 7.11 Å². The van der Waals surface area contributed by atoms with Gasteiger partial charge in [0.1, 0.15) is 0 Å². The van der Waals surface area contributed by atoms with E-state index in [-0.39, 0.29) is 6.79 Å². The minimum atomic E-state index is -0.818. The molecule has 2 nitrogen and oxygen atoms in total. The van der Waals surface area contributed by atoms with Crippen molar-refractivity contribution in [1.29, 1.82) is 0 Å². The summed E-state index contributed by atoms with van der Waals surface area (Å²) in [6.45, 7) is 2.75. The molecule has 0 atom stereocenters. The maximum Gasteiger partial charge on any atom is 0.267 e. The largest absolute Gasteiger partial charge is 0.444 e. The van der Waals surface area contributed by atoms with Crippen molar-refractivity contribution in [2.75, 3.05) is 13.9 Å². The number of methoxy groups -OCH3 is 1. The smallest absolute Gasteiger partial charge is 0.267 e. The first kappa shape index (κ1) is 6.43. The quantitative estimate of drug-likeness (QED) is 0.395. The van der Waals surface area contributed by atoms with Gasteiger partial charge in [-0.25, -0.2) is 0 Å². The fraction of sp³-hybridized carbons (Fsp3) is 0.500. The van der Waals surface area contributed by atoms with Gasteiger partial charge < -0.3 is 9.47 Å². The number of hydrogen-bond donors (Lipinski definition) is 0. The molecule has 0 fully saturated rings. The van der Waals surface area contributed by atoms with Gasteiger partial charge in [0.05, 0.1) is 0 Å².